The van der Waals surface area contributed by atoms with Crippen molar-refractivity contribution in [1.29, 1.82) is 0 Å². The number of carbonyl (C=O) groups is 1. The number of phenols is 1. The smallest absolute Gasteiger partial charge is 0.245 e. The average molecular weight is 381 g/mol. The number of aromatic hydroxyl groups is 1. The molecule has 1 fully saturated rings. The molecule has 0 radical (unpaired) electrons. The molecule has 1 saturated heterocycles. The van der Waals surface area contributed by atoms with Gasteiger partial charge in [-0.1, -0.05) is 36.9 Å². The monoisotopic (exact) mass is 381 g/mol. The fraction of sp³-hybridized carbons (Fsp3) is 0.125. The molecule has 0 aliphatic carbocycles. The highest BCUT2D eigenvalue weighted by molar-refractivity contribution is 5.97. The quantitative estimate of drug-likeness (QED) is 0.538. The van der Waals surface area contributed by atoms with E-state index < -0.39 is 0 Å². The van der Waals surface area contributed by atoms with Crippen molar-refractivity contribution in [3.8, 4) is 17.1 Å². The molecule has 3 aromatic carbocycles. The molecule has 1 N–H and O–H groups in total. The molecule has 5 nitrogen and oxygen atoms in total. The zero-order valence-electron chi connectivity index (χ0n) is 15.7. The van der Waals surface area contributed by atoms with Gasteiger partial charge in [-0.25, -0.2) is 9.97 Å². The minimum atomic E-state index is -0.0200. The van der Waals surface area contributed by atoms with Gasteiger partial charge >= 0.3 is 0 Å². The number of likely N-dealkylation sites (tertiary alicyclic amines) is 1. The van der Waals surface area contributed by atoms with Crippen LogP contribution >= 0.6 is 0 Å². The molecule has 1 amide bonds. The van der Waals surface area contributed by atoms with Gasteiger partial charge in [-0.15, -0.1) is 0 Å². The first-order chi connectivity index (χ1) is 14.1. The first-order valence-electron chi connectivity index (χ1n) is 9.52. The number of hydrogen-bond acceptors (Lipinski definition) is 4. The van der Waals surface area contributed by atoms with E-state index in [1.807, 2.05) is 36.5 Å². The molecule has 5 heteroatoms. The average Bonchev–Trinajstić information content (AvgIpc) is 2.71. The molecule has 0 unspecified atom stereocenters. The van der Waals surface area contributed by atoms with Crippen molar-refractivity contribution in [3.05, 3.63) is 79.0 Å². The van der Waals surface area contributed by atoms with Crippen LogP contribution in [0.2, 0.25) is 0 Å². The standard InChI is InChI=1S/C24H19N3O2/c1-2-23(29)27-13-18(14-27)15-7-8-22-17(9-15)12-25-24(26-22)21-11-19(28)10-16-5-3-4-6-20(16)21/h2-12,18,28H,1,13-14H2. The molecule has 0 bridgehead atoms. The molecular formula is C24H19N3O2. The van der Waals surface area contributed by atoms with E-state index in [2.05, 4.69) is 23.7 Å². The molecule has 0 saturated carbocycles. The summed E-state index contributed by atoms with van der Waals surface area (Å²) in [4.78, 5) is 22.7. The number of carbonyl (C=O) groups excluding carboxylic acids is 1. The topological polar surface area (TPSA) is 66.3 Å². The molecular weight excluding hydrogens is 362 g/mol. The lowest BCUT2D eigenvalue weighted by Crippen LogP contribution is -2.47. The van der Waals surface area contributed by atoms with Crippen molar-refractivity contribution in [2.45, 2.75) is 5.92 Å². The van der Waals surface area contributed by atoms with Gasteiger partial charge in [0.25, 0.3) is 0 Å². The summed E-state index contributed by atoms with van der Waals surface area (Å²) in [7, 11) is 0. The Morgan fingerprint density at radius 3 is 2.76 bits per heavy atom. The third-order valence-corrected chi connectivity index (χ3v) is 5.53. The fourth-order valence-electron chi connectivity index (χ4n) is 3.91. The van der Waals surface area contributed by atoms with Crippen LogP contribution in [0.5, 0.6) is 5.75 Å². The fourth-order valence-corrected chi connectivity index (χ4v) is 3.91. The molecule has 0 atom stereocenters. The molecule has 0 spiro atoms. The number of aromatic nitrogens is 2. The molecule has 2 heterocycles. The molecule has 5 rings (SSSR count). The van der Waals surface area contributed by atoms with E-state index in [1.54, 1.807) is 17.0 Å². The number of rotatable bonds is 3. The van der Waals surface area contributed by atoms with Crippen LogP contribution in [0.1, 0.15) is 11.5 Å². The highest BCUT2D eigenvalue weighted by Gasteiger charge is 2.30. The molecule has 1 aliphatic rings. The summed E-state index contributed by atoms with van der Waals surface area (Å²) in [5.41, 5.74) is 2.85. The lowest BCUT2D eigenvalue weighted by Gasteiger charge is -2.39. The third-order valence-electron chi connectivity index (χ3n) is 5.53. The van der Waals surface area contributed by atoms with Crippen molar-refractivity contribution >= 4 is 27.6 Å². The number of fused-ring (bicyclic) bond motifs is 2. The van der Waals surface area contributed by atoms with Crippen molar-refractivity contribution in [2.75, 3.05) is 13.1 Å². The van der Waals surface area contributed by atoms with Gasteiger partial charge in [0.05, 0.1) is 5.52 Å². The van der Waals surface area contributed by atoms with E-state index in [0.717, 1.165) is 27.2 Å². The van der Waals surface area contributed by atoms with Gasteiger partial charge in [-0.2, -0.15) is 0 Å². The zero-order valence-corrected chi connectivity index (χ0v) is 15.7. The van der Waals surface area contributed by atoms with E-state index in [-0.39, 0.29) is 11.7 Å². The van der Waals surface area contributed by atoms with Gasteiger partial charge in [0, 0.05) is 36.2 Å². The van der Waals surface area contributed by atoms with Crippen LogP contribution < -0.4 is 0 Å². The number of amides is 1. The molecule has 142 valence electrons. The summed E-state index contributed by atoms with van der Waals surface area (Å²) >= 11 is 0. The highest BCUT2D eigenvalue weighted by Crippen LogP contribution is 2.33. The van der Waals surface area contributed by atoms with Crippen LogP contribution in [0.15, 0.2) is 73.4 Å². The number of benzene rings is 3. The molecule has 29 heavy (non-hydrogen) atoms. The molecule has 4 aromatic rings. The second-order valence-corrected chi connectivity index (χ2v) is 7.37. The Bertz CT molecular complexity index is 1280. The summed E-state index contributed by atoms with van der Waals surface area (Å²) in [6.07, 6.45) is 3.18. The summed E-state index contributed by atoms with van der Waals surface area (Å²) < 4.78 is 0. The Morgan fingerprint density at radius 1 is 1.10 bits per heavy atom. The normalized spacial score (nSPS) is 14.1. The van der Waals surface area contributed by atoms with Crippen LogP contribution in [0.25, 0.3) is 33.1 Å². The van der Waals surface area contributed by atoms with Crippen molar-refractivity contribution < 1.29 is 9.90 Å². The van der Waals surface area contributed by atoms with E-state index in [0.29, 0.717) is 24.8 Å². The van der Waals surface area contributed by atoms with E-state index in [4.69, 9.17) is 4.98 Å². The number of nitrogens with zero attached hydrogens (tertiary/aromatic N) is 3. The van der Waals surface area contributed by atoms with E-state index in [9.17, 15) is 9.90 Å². The van der Waals surface area contributed by atoms with Gasteiger partial charge in [-0.3, -0.25) is 4.79 Å². The van der Waals surface area contributed by atoms with Crippen LogP contribution in [-0.2, 0) is 4.79 Å². The van der Waals surface area contributed by atoms with Gasteiger partial charge in [0.1, 0.15) is 5.75 Å². The van der Waals surface area contributed by atoms with Gasteiger partial charge in [0.15, 0.2) is 5.82 Å². The van der Waals surface area contributed by atoms with Crippen molar-refractivity contribution in [3.63, 3.8) is 0 Å². The third kappa shape index (κ3) is 3.01. The summed E-state index contributed by atoms with van der Waals surface area (Å²) in [5.74, 6) is 1.09. The van der Waals surface area contributed by atoms with Crippen LogP contribution in [0.4, 0.5) is 0 Å². The van der Waals surface area contributed by atoms with Gasteiger partial charge in [0.2, 0.25) is 5.91 Å². The highest BCUT2D eigenvalue weighted by atomic mass is 16.3. The largest absolute Gasteiger partial charge is 0.508 e. The predicted octanol–water partition coefficient (Wildman–Crippen LogP) is 4.27. The van der Waals surface area contributed by atoms with Crippen LogP contribution in [0.3, 0.4) is 0 Å². The number of phenolic OH excluding ortho intramolecular Hbond substituents is 1. The molecule has 1 aromatic heterocycles. The van der Waals surface area contributed by atoms with Crippen molar-refractivity contribution in [1.82, 2.24) is 14.9 Å². The lowest BCUT2D eigenvalue weighted by molar-refractivity contribution is -0.130. The Labute approximate surface area is 168 Å². The first-order valence-corrected chi connectivity index (χ1v) is 9.52. The van der Waals surface area contributed by atoms with E-state index >= 15 is 0 Å². The Kier molecular flexibility index (Phi) is 4.02. The Balaban J connectivity index is 1.50. The SMILES string of the molecule is C=CC(=O)N1CC(c2ccc3nc(-c4cc(O)cc5ccccc45)ncc3c2)C1. The van der Waals surface area contributed by atoms with Gasteiger partial charge in [-0.05, 0) is 46.7 Å². The summed E-state index contributed by atoms with van der Waals surface area (Å²) in [5, 5.41) is 13.0. The number of hydrogen-bond donors (Lipinski definition) is 1. The Hall–Kier alpha value is -3.73. The molecule has 1 aliphatic heterocycles. The second kappa shape index (κ2) is 6.71. The minimum Gasteiger partial charge on any atom is -0.508 e. The zero-order chi connectivity index (χ0) is 20.0. The van der Waals surface area contributed by atoms with E-state index in [1.165, 1.54) is 11.6 Å². The van der Waals surface area contributed by atoms with Crippen LogP contribution in [-0.4, -0.2) is 39.0 Å². The maximum absolute atomic E-state index is 11.6. The Morgan fingerprint density at radius 2 is 1.93 bits per heavy atom. The van der Waals surface area contributed by atoms with Crippen LogP contribution in [0, 0.1) is 0 Å². The van der Waals surface area contributed by atoms with Crippen molar-refractivity contribution in [2.24, 2.45) is 0 Å². The maximum Gasteiger partial charge on any atom is 0.245 e. The first kappa shape index (κ1) is 17.4. The minimum absolute atomic E-state index is 0.0200. The predicted molar refractivity (Wildman–Crippen MR) is 114 cm³/mol. The lowest BCUT2D eigenvalue weighted by atomic mass is 9.90. The summed E-state index contributed by atoms with van der Waals surface area (Å²) in [6, 6.07) is 17.5. The second-order valence-electron chi connectivity index (χ2n) is 7.37. The summed E-state index contributed by atoms with van der Waals surface area (Å²) in [6.45, 7) is 4.96. The van der Waals surface area contributed by atoms with Gasteiger partial charge < -0.3 is 10.0 Å². The maximum atomic E-state index is 11.6.